The molecule has 2 aliphatic heterocycles. The van der Waals surface area contributed by atoms with Gasteiger partial charge in [-0.3, -0.25) is 4.90 Å². The van der Waals surface area contributed by atoms with Gasteiger partial charge in [0.25, 0.3) is 0 Å². The Morgan fingerprint density at radius 2 is 2.00 bits per heavy atom. The zero-order valence-electron chi connectivity index (χ0n) is 8.05. The monoisotopic (exact) mass is 168 g/mol. The highest BCUT2D eigenvalue weighted by Gasteiger charge is 2.25. The Morgan fingerprint density at radius 1 is 1.17 bits per heavy atom. The van der Waals surface area contributed by atoms with Crippen LogP contribution in [-0.2, 0) is 0 Å². The van der Waals surface area contributed by atoms with Crippen LogP contribution in [0.15, 0.2) is 0 Å². The summed E-state index contributed by atoms with van der Waals surface area (Å²) in [6.07, 6.45) is 4.27. The summed E-state index contributed by atoms with van der Waals surface area (Å²) in [6.45, 7) is 7.54. The molecule has 0 radical (unpaired) electrons. The summed E-state index contributed by atoms with van der Waals surface area (Å²) in [6, 6.07) is 0.871. The molecule has 1 atom stereocenters. The van der Waals surface area contributed by atoms with Crippen LogP contribution in [0.1, 0.15) is 26.2 Å². The lowest BCUT2D eigenvalue weighted by atomic mass is 10.0. The molecule has 1 N–H and O–H groups in total. The molecule has 70 valence electrons. The summed E-state index contributed by atoms with van der Waals surface area (Å²) in [5.74, 6) is 0.961. The van der Waals surface area contributed by atoms with Gasteiger partial charge in [0.1, 0.15) is 0 Å². The Kier molecular flexibility index (Phi) is 2.66. The number of likely N-dealkylation sites (tertiary alicyclic amines) is 1. The largest absolute Gasteiger partial charge is 0.314 e. The van der Waals surface area contributed by atoms with E-state index in [4.69, 9.17) is 0 Å². The smallest absolute Gasteiger partial charge is 0.0345 e. The van der Waals surface area contributed by atoms with Crippen molar-refractivity contribution in [3.63, 3.8) is 0 Å². The van der Waals surface area contributed by atoms with E-state index in [2.05, 4.69) is 17.1 Å². The van der Waals surface area contributed by atoms with Crippen molar-refractivity contribution in [3.05, 3.63) is 0 Å². The molecule has 0 amide bonds. The molecule has 1 unspecified atom stereocenters. The predicted octanol–water partition coefficient (Wildman–Crippen LogP) is 1.08. The second-order valence-corrected chi connectivity index (χ2v) is 4.38. The van der Waals surface area contributed by atoms with Crippen LogP contribution in [0.3, 0.4) is 0 Å². The maximum atomic E-state index is 3.35. The lowest BCUT2D eigenvalue weighted by Crippen LogP contribution is -2.57. The van der Waals surface area contributed by atoms with E-state index in [9.17, 15) is 0 Å². The molecule has 12 heavy (non-hydrogen) atoms. The van der Waals surface area contributed by atoms with Crippen LogP contribution < -0.4 is 5.32 Å². The van der Waals surface area contributed by atoms with Gasteiger partial charge in [0.15, 0.2) is 0 Å². The molecule has 2 nitrogen and oxygen atoms in total. The highest BCUT2D eigenvalue weighted by Crippen LogP contribution is 2.18. The first-order valence-electron chi connectivity index (χ1n) is 5.31. The van der Waals surface area contributed by atoms with Gasteiger partial charge in [-0.1, -0.05) is 6.92 Å². The molecule has 2 heteroatoms. The molecular formula is C10H20N2. The van der Waals surface area contributed by atoms with Crippen molar-refractivity contribution in [1.82, 2.24) is 10.2 Å². The number of rotatable bonds is 1. The summed E-state index contributed by atoms with van der Waals surface area (Å²) in [5, 5.41) is 3.35. The fraction of sp³-hybridized carbons (Fsp3) is 1.00. The van der Waals surface area contributed by atoms with Crippen LogP contribution >= 0.6 is 0 Å². The van der Waals surface area contributed by atoms with E-state index in [1.165, 1.54) is 45.4 Å². The maximum Gasteiger partial charge on any atom is 0.0345 e. The Morgan fingerprint density at radius 3 is 2.67 bits per heavy atom. The zero-order chi connectivity index (χ0) is 8.39. The Balaban J connectivity index is 1.81. The van der Waals surface area contributed by atoms with Crippen LogP contribution in [-0.4, -0.2) is 37.1 Å². The van der Waals surface area contributed by atoms with Crippen LogP contribution in [0.4, 0.5) is 0 Å². The van der Waals surface area contributed by atoms with E-state index in [0.29, 0.717) is 0 Å². The highest BCUT2D eigenvalue weighted by atomic mass is 15.2. The number of nitrogens with zero attached hydrogens (tertiary/aromatic N) is 1. The van der Waals surface area contributed by atoms with E-state index in [-0.39, 0.29) is 0 Å². The standard InChI is InChI=1S/C10H20N2/c1-9-3-2-5-12(6-4-9)10-7-11-8-10/h9-11H,2-8H2,1H3. The van der Waals surface area contributed by atoms with E-state index in [1.807, 2.05) is 0 Å². The molecule has 0 spiro atoms. The van der Waals surface area contributed by atoms with Gasteiger partial charge in [-0.2, -0.15) is 0 Å². The SMILES string of the molecule is CC1CCCN(C2CNC2)CC1. The van der Waals surface area contributed by atoms with Gasteiger partial charge in [0, 0.05) is 19.1 Å². The molecule has 0 aliphatic carbocycles. The van der Waals surface area contributed by atoms with Gasteiger partial charge >= 0.3 is 0 Å². The molecule has 2 heterocycles. The van der Waals surface area contributed by atoms with Crippen LogP contribution in [0.2, 0.25) is 0 Å². The maximum absolute atomic E-state index is 3.35. The second kappa shape index (κ2) is 3.75. The van der Waals surface area contributed by atoms with Crippen LogP contribution in [0.25, 0.3) is 0 Å². The molecule has 0 saturated carbocycles. The van der Waals surface area contributed by atoms with Gasteiger partial charge in [-0.05, 0) is 38.3 Å². The summed E-state index contributed by atoms with van der Waals surface area (Å²) < 4.78 is 0. The summed E-state index contributed by atoms with van der Waals surface area (Å²) in [4.78, 5) is 2.68. The topological polar surface area (TPSA) is 15.3 Å². The van der Waals surface area contributed by atoms with Gasteiger partial charge < -0.3 is 5.32 Å². The van der Waals surface area contributed by atoms with Crippen LogP contribution in [0, 0.1) is 5.92 Å². The normalized spacial score (nSPS) is 34.2. The molecule has 2 rings (SSSR count). The first kappa shape index (κ1) is 8.52. The Labute approximate surface area is 75.3 Å². The van der Waals surface area contributed by atoms with Crippen molar-refractivity contribution in [3.8, 4) is 0 Å². The minimum Gasteiger partial charge on any atom is -0.314 e. The second-order valence-electron chi connectivity index (χ2n) is 4.38. The third-order valence-corrected chi connectivity index (χ3v) is 3.33. The lowest BCUT2D eigenvalue weighted by Gasteiger charge is -2.37. The van der Waals surface area contributed by atoms with E-state index in [1.54, 1.807) is 0 Å². The van der Waals surface area contributed by atoms with E-state index in [0.717, 1.165) is 12.0 Å². The molecular weight excluding hydrogens is 148 g/mol. The Hall–Kier alpha value is -0.0800. The predicted molar refractivity (Wildman–Crippen MR) is 51.2 cm³/mol. The zero-order valence-corrected chi connectivity index (χ0v) is 8.05. The van der Waals surface area contributed by atoms with Crippen molar-refractivity contribution >= 4 is 0 Å². The van der Waals surface area contributed by atoms with Gasteiger partial charge in [-0.25, -0.2) is 0 Å². The van der Waals surface area contributed by atoms with Crippen molar-refractivity contribution in [1.29, 1.82) is 0 Å². The fourth-order valence-corrected chi connectivity index (χ4v) is 2.18. The molecule has 2 saturated heterocycles. The van der Waals surface area contributed by atoms with Crippen molar-refractivity contribution in [2.45, 2.75) is 32.2 Å². The molecule has 0 aromatic rings. The lowest BCUT2D eigenvalue weighted by molar-refractivity contribution is 0.149. The molecule has 2 fully saturated rings. The molecule has 2 aliphatic rings. The van der Waals surface area contributed by atoms with Gasteiger partial charge in [0.05, 0.1) is 0 Å². The first-order valence-corrected chi connectivity index (χ1v) is 5.31. The Bertz CT molecular complexity index is 143. The average Bonchev–Trinajstić information content (AvgIpc) is 2.12. The third-order valence-electron chi connectivity index (χ3n) is 3.33. The molecule has 0 aromatic heterocycles. The van der Waals surface area contributed by atoms with E-state index >= 15 is 0 Å². The minimum absolute atomic E-state index is 0.871. The minimum atomic E-state index is 0.871. The summed E-state index contributed by atoms with van der Waals surface area (Å²) in [7, 11) is 0. The summed E-state index contributed by atoms with van der Waals surface area (Å²) >= 11 is 0. The number of hydrogen-bond acceptors (Lipinski definition) is 2. The van der Waals surface area contributed by atoms with E-state index < -0.39 is 0 Å². The van der Waals surface area contributed by atoms with Crippen LogP contribution in [0.5, 0.6) is 0 Å². The van der Waals surface area contributed by atoms with Crippen molar-refractivity contribution in [2.24, 2.45) is 5.92 Å². The van der Waals surface area contributed by atoms with Gasteiger partial charge in [-0.15, -0.1) is 0 Å². The quantitative estimate of drug-likeness (QED) is 0.630. The van der Waals surface area contributed by atoms with Crippen molar-refractivity contribution < 1.29 is 0 Å². The molecule has 0 aromatic carbocycles. The first-order chi connectivity index (χ1) is 5.86. The number of hydrogen-bond donors (Lipinski definition) is 1. The van der Waals surface area contributed by atoms with Gasteiger partial charge in [0.2, 0.25) is 0 Å². The van der Waals surface area contributed by atoms with Crippen molar-refractivity contribution in [2.75, 3.05) is 26.2 Å². The highest BCUT2D eigenvalue weighted by molar-refractivity contribution is 4.85. The fourth-order valence-electron chi connectivity index (χ4n) is 2.18. The number of nitrogens with one attached hydrogen (secondary N) is 1. The molecule has 0 bridgehead atoms. The average molecular weight is 168 g/mol. The summed E-state index contributed by atoms with van der Waals surface area (Å²) in [5.41, 5.74) is 0. The third kappa shape index (κ3) is 1.80.